The summed E-state index contributed by atoms with van der Waals surface area (Å²) >= 11 is 0. The van der Waals surface area contributed by atoms with Crippen molar-refractivity contribution < 1.29 is 19.1 Å². The fraction of sp³-hybridized carbons (Fsp3) is 0.222. The maximum absolute atomic E-state index is 11.6. The smallest absolute Gasteiger partial charge is 0.433 e. The molecule has 5 heteroatoms. The number of carbonyl (C=O) groups is 2. The first kappa shape index (κ1) is 15.2. The van der Waals surface area contributed by atoms with Crippen LogP contribution in [0.5, 0.6) is 0 Å². The van der Waals surface area contributed by atoms with E-state index in [9.17, 15) is 9.59 Å². The quantitative estimate of drug-likeness (QED) is 0.694. The second kappa shape index (κ2) is 6.62. The molecule has 23 heavy (non-hydrogen) atoms. The molecule has 0 aromatic heterocycles. The van der Waals surface area contributed by atoms with E-state index in [-0.39, 0.29) is 25.5 Å². The molecule has 1 aliphatic carbocycles. The van der Waals surface area contributed by atoms with Gasteiger partial charge in [0.15, 0.2) is 0 Å². The van der Waals surface area contributed by atoms with Gasteiger partial charge in [0.2, 0.25) is 0 Å². The zero-order valence-corrected chi connectivity index (χ0v) is 12.5. The number of nitrogens with two attached hydrogens (primary N) is 1. The van der Waals surface area contributed by atoms with E-state index in [2.05, 4.69) is 16.9 Å². The zero-order chi connectivity index (χ0) is 16.2. The molecule has 0 heterocycles. The predicted octanol–water partition coefficient (Wildman–Crippen LogP) is 2.83. The van der Waals surface area contributed by atoms with Crippen LogP contribution in [0.3, 0.4) is 0 Å². The topological polar surface area (TPSA) is 78.6 Å². The largest absolute Gasteiger partial charge is 0.516 e. The summed E-state index contributed by atoms with van der Waals surface area (Å²) in [6, 6.07) is 16.0. The second-order valence-electron chi connectivity index (χ2n) is 5.30. The number of rotatable bonds is 4. The lowest BCUT2D eigenvalue weighted by Gasteiger charge is -2.13. The number of hydrogen-bond acceptors (Lipinski definition) is 5. The van der Waals surface area contributed by atoms with Gasteiger partial charge in [0.1, 0.15) is 6.61 Å². The van der Waals surface area contributed by atoms with Crippen molar-refractivity contribution in [1.29, 1.82) is 0 Å². The van der Waals surface area contributed by atoms with Crippen molar-refractivity contribution in [3.05, 3.63) is 59.7 Å². The van der Waals surface area contributed by atoms with E-state index in [1.54, 1.807) is 0 Å². The molecule has 0 spiro atoms. The normalized spacial score (nSPS) is 12.4. The minimum absolute atomic E-state index is 0.00973. The molecular weight excluding hydrogens is 294 g/mol. The van der Waals surface area contributed by atoms with E-state index in [1.807, 2.05) is 36.4 Å². The number of esters is 1. The van der Waals surface area contributed by atoms with Gasteiger partial charge in [-0.3, -0.25) is 4.79 Å². The summed E-state index contributed by atoms with van der Waals surface area (Å²) in [5.41, 5.74) is 9.73. The summed E-state index contributed by atoms with van der Waals surface area (Å²) in [4.78, 5) is 22.8. The Bertz CT molecular complexity index is 696. The van der Waals surface area contributed by atoms with E-state index in [4.69, 9.17) is 10.5 Å². The van der Waals surface area contributed by atoms with Crippen LogP contribution in [-0.4, -0.2) is 25.3 Å². The summed E-state index contributed by atoms with van der Waals surface area (Å²) < 4.78 is 9.68. The van der Waals surface area contributed by atoms with Crippen LogP contribution in [0.2, 0.25) is 0 Å². The van der Waals surface area contributed by atoms with Crippen molar-refractivity contribution >= 4 is 12.1 Å². The molecule has 3 rings (SSSR count). The number of benzene rings is 2. The van der Waals surface area contributed by atoms with Gasteiger partial charge in [-0.05, 0) is 22.3 Å². The Morgan fingerprint density at radius 3 is 2.09 bits per heavy atom. The number of fused-ring (bicyclic) bond motifs is 3. The maximum atomic E-state index is 11.6. The van der Waals surface area contributed by atoms with Crippen molar-refractivity contribution in [2.45, 2.75) is 12.3 Å². The molecule has 2 aromatic rings. The predicted molar refractivity (Wildman–Crippen MR) is 84.8 cm³/mol. The van der Waals surface area contributed by atoms with Gasteiger partial charge in [-0.15, -0.1) is 0 Å². The van der Waals surface area contributed by atoms with Crippen LogP contribution in [-0.2, 0) is 14.3 Å². The Hall–Kier alpha value is -2.66. The molecule has 5 nitrogen and oxygen atoms in total. The summed E-state index contributed by atoms with van der Waals surface area (Å²) in [6.45, 7) is 0.262. The van der Waals surface area contributed by atoms with Crippen LogP contribution in [0, 0.1) is 0 Å². The minimum Gasteiger partial charge on any atom is -0.433 e. The first-order chi connectivity index (χ1) is 11.2. The molecule has 0 unspecified atom stereocenters. The van der Waals surface area contributed by atoms with Crippen LogP contribution >= 0.6 is 0 Å². The molecule has 0 bridgehead atoms. The van der Waals surface area contributed by atoms with Crippen LogP contribution < -0.4 is 5.73 Å². The molecule has 0 saturated heterocycles. The molecule has 1 aliphatic rings. The molecule has 2 N–H and O–H groups in total. The van der Waals surface area contributed by atoms with Gasteiger partial charge in [-0.25, -0.2) is 4.79 Å². The Morgan fingerprint density at radius 2 is 1.52 bits per heavy atom. The highest BCUT2D eigenvalue weighted by atomic mass is 16.7. The number of hydrogen-bond donors (Lipinski definition) is 1. The standard InChI is InChI=1S/C18H17NO4/c19-10-9-17(20)23-18(21)22-11-16-14-7-3-1-5-12(14)13-6-2-4-8-15(13)16/h1-8,16H,9-11,19H2. The van der Waals surface area contributed by atoms with Crippen molar-refractivity contribution in [2.24, 2.45) is 5.73 Å². The number of ether oxygens (including phenoxy) is 2. The summed E-state index contributed by atoms with van der Waals surface area (Å²) in [5, 5.41) is 0. The monoisotopic (exact) mass is 311 g/mol. The number of carbonyl (C=O) groups excluding carboxylic acids is 2. The average Bonchev–Trinajstić information content (AvgIpc) is 2.87. The fourth-order valence-corrected chi connectivity index (χ4v) is 2.88. The molecule has 0 fully saturated rings. The summed E-state index contributed by atoms with van der Waals surface area (Å²) in [6.07, 6.45) is -0.991. The van der Waals surface area contributed by atoms with E-state index in [0.717, 1.165) is 22.3 Å². The molecule has 0 atom stereocenters. The van der Waals surface area contributed by atoms with Gasteiger partial charge in [-0.2, -0.15) is 0 Å². The minimum atomic E-state index is -0.981. The van der Waals surface area contributed by atoms with Crippen molar-refractivity contribution in [1.82, 2.24) is 0 Å². The Kier molecular flexibility index (Phi) is 4.39. The van der Waals surface area contributed by atoms with E-state index in [1.165, 1.54) is 0 Å². The van der Waals surface area contributed by atoms with Crippen molar-refractivity contribution in [3.8, 4) is 11.1 Å². The third-order valence-electron chi connectivity index (χ3n) is 3.88. The first-order valence-corrected chi connectivity index (χ1v) is 7.46. The summed E-state index contributed by atoms with van der Waals surface area (Å²) in [7, 11) is 0. The van der Waals surface area contributed by atoms with Gasteiger partial charge in [0, 0.05) is 12.5 Å². The first-order valence-electron chi connectivity index (χ1n) is 7.46. The Labute approximate surface area is 134 Å². The molecule has 0 amide bonds. The highest BCUT2D eigenvalue weighted by Crippen LogP contribution is 2.44. The molecule has 0 saturated carbocycles. The highest BCUT2D eigenvalue weighted by molar-refractivity contribution is 5.82. The van der Waals surface area contributed by atoms with Gasteiger partial charge >= 0.3 is 12.1 Å². The van der Waals surface area contributed by atoms with E-state index in [0.29, 0.717) is 0 Å². The van der Waals surface area contributed by atoms with Crippen LogP contribution in [0.4, 0.5) is 4.79 Å². The molecular formula is C18H17NO4. The molecule has 0 aliphatic heterocycles. The second-order valence-corrected chi connectivity index (χ2v) is 5.30. The average molecular weight is 311 g/mol. The highest BCUT2D eigenvalue weighted by Gasteiger charge is 2.29. The van der Waals surface area contributed by atoms with Gasteiger partial charge in [0.25, 0.3) is 0 Å². The molecule has 118 valence electrons. The van der Waals surface area contributed by atoms with Crippen molar-refractivity contribution in [2.75, 3.05) is 13.2 Å². The third kappa shape index (κ3) is 3.10. The van der Waals surface area contributed by atoms with Crippen molar-refractivity contribution in [3.63, 3.8) is 0 Å². The Balaban J connectivity index is 1.73. The zero-order valence-electron chi connectivity index (χ0n) is 12.5. The Morgan fingerprint density at radius 1 is 0.957 bits per heavy atom. The lowest BCUT2D eigenvalue weighted by atomic mass is 9.98. The van der Waals surface area contributed by atoms with Crippen LogP contribution in [0.25, 0.3) is 11.1 Å². The van der Waals surface area contributed by atoms with Crippen LogP contribution in [0.1, 0.15) is 23.5 Å². The fourth-order valence-electron chi connectivity index (χ4n) is 2.88. The molecule has 2 aromatic carbocycles. The van der Waals surface area contributed by atoms with Gasteiger partial charge < -0.3 is 15.2 Å². The summed E-state index contributed by atoms with van der Waals surface area (Å²) in [5.74, 6) is -0.732. The van der Waals surface area contributed by atoms with E-state index < -0.39 is 12.1 Å². The third-order valence-corrected chi connectivity index (χ3v) is 3.88. The lowest BCUT2D eigenvalue weighted by Crippen LogP contribution is -2.19. The van der Waals surface area contributed by atoms with Crippen LogP contribution in [0.15, 0.2) is 48.5 Å². The van der Waals surface area contributed by atoms with E-state index >= 15 is 0 Å². The maximum Gasteiger partial charge on any atom is 0.516 e. The van der Waals surface area contributed by atoms with Gasteiger partial charge in [0.05, 0.1) is 6.42 Å². The van der Waals surface area contributed by atoms with Gasteiger partial charge in [-0.1, -0.05) is 48.5 Å². The lowest BCUT2D eigenvalue weighted by molar-refractivity contribution is -0.139. The molecule has 0 radical (unpaired) electrons. The SMILES string of the molecule is NCCC(=O)OC(=O)OCC1c2ccccc2-c2ccccc21.